The maximum absolute atomic E-state index is 9.55. The third-order valence-electron chi connectivity index (χ3n) is 2.69. The molecule has 96 valence electrons. The molecule has 3 heteroatoms. The summed E-state index contributed by atoms with van der Waals surface area (Å²) in [6.45, 7) is 8.09. The molecular weight excluding hydrogens is 216 g/mol. The highest BCUT2D eigenvalue weighted by Gasteiger charge is 2.04. The molecule has 0 radical (unpaired) electrons. The van der Waals surface area contributed by atoms with E-state index in [1.165, 1.54) is 0 Å². The summed E-state index contributed by atoms with van der Waals surface area (Å²) in [6, 6.07) is 5.33. The molecule has 0 fully saturated rings. The lowest BCUT2D eigenvalue weighted by Gasteiger charge is -2.11. The maximum atomic E-state index is 9.55. The van der Waals surface area contributed by atoms with E-state index in [0.29, 0.717) is 24.9 Å². The van der Waals surface area contributed by atoms with Gasteiger partial charge in [-0.05, 0) is 30.5 Å². The van der Waals surface area contributed by atoms with Crippen LogP contribution in [0.5, 0.6) is 11.5 Å². The fourth-order valence-corrected chi connectivity index (χ4v) is 1.42. The van der Waals surface area contributed by atoms with Crippen molar-refractivity contribution in [1.82, 2.24) is 0 Å². The van der Waals surface area contributed by atoms with E-state index >= 15 is 0 Å². The van der Waals surface area contributed by atoms with Gasteiger partial charge in [-0.3, -0.25) is 0 Å². The minimum Gasteiger partial charge on any atom is -0.504 e. The SMILES string of the molecule is CCOc1cc(COCC(C)CC)ccc1O. The number of ether oxygens (including phenoxy) is 2. The lowest BCUT2D eigenvalue weighted by atomic mass is 10.1. The van der Waals surface area contributed by atoms with E-state index in [-0.39, 0.29) is 5.75 Å². The zero-order valence-corrected chi connectivity index (χ0v) is 10.9. The minimum absolute atomic E-state index is 0.178. The normalized spacial score (nSPS) is 12.4. The third-order valence-corrected chi connectivity index (χ3v) is 2.69. The molecule has 1 aromatic rings. The van der Waals surface area contributed by atoms with Gasteiger partial charge in [0.15, 0.2) is 11.5 Å². The van der Waals surface area contributed by atoms with Crippen molar-refractivity contribution in [2.75, 3.05) is 13.2 Å². The smallest absolute Gasteiger partial charge is 0.161 e. The topological polar surface area (TPSA) is 38.7 Å². The largest absolute Gasteiger partial charge is 0.504 e. The van der Waals surface area contributed by atoms with Crippen LogP contribution in [-0.4, -0.2) is 18.3 Å². The number of rotatable bonds is 7. The molecule has 17 heavy (non-hydrogen) atoms. The van der Waals surface area contributed by atoms with Crippen LogP contribution in [0.1, 0.15) is 32.8 Å². The minimum atomic E-state index is 0.178. The first-order valence-corrected chi connectivity index (χ1v) is 6.19. The molecular formula is C14H22O3. The van der Waals surface area contributed by atoms with Gasteiger partial charge in [0.25, 0.3) is 0 Å². The van der Waals surface area contributed by atoms with E-state index in [1.54, 1.807) is 6.07 Å². The standard InChI is InChI=1S/C14H22O3/c1-4-11(3)9-16-10-12-6-7-13(15)14(8-12)17-5-2/h6-8,11,15H,4-5,9-10H2,1-3H3. The monoisotopic (exact) mass is 238 g/mol. The third kappa shape index (κ3) is 4.65. The Morgan fingerprint density at radius 1 is 1.29 bits per heavy atom. The predicted molar refractivity (Wildman–Crippen MR) is 68.4 cm³/mol. The average Bonchev–Trinajstić information content (AvgIpc) is 2.33. The number of hydrogen-bond donors (Lipinski definition) is 1. The summed E-state index contributed by atoms with van der Waals surface area (Å²) >= 11 is 0. The van der Waals surface area contributed by atoms with Crippen molar-refractivity contribution in [3.8, 4) is 11.5 Å². The van der Waals surface area contributed by atoms with Gasteiger partial charge in [0.2, 0.25) is 0 Å². The Labute approximate surface area is 103 Å². The number of benzene rings is 1. The molecule has 0 aromatic heterocycles. The zero-order chi connectivity index (χ0) is 12.7. The first-order valence-electron chi connectivity index (χ1n) is 6.19. The van der Waals surface area contributed by atoms with Gasteiger partial charge in [0.1, 0.15) is 0 Å². The predicted octanol–water partition coefficient (Wildman–Crippen LogP) is 3.35. The molecule has 1 unspecified atom stereocenters. The Kier molecular flexibility index (Phi) is 5.84. The molecule has 1 atom stereocenters. The molecule has 0 aliphatic rings. The second-order valence-electron chi connectivity index (χ2n) is 4.26. The summed E-state index contributed by atoms with van der Waals surface area (Å²) in [5.74, 6) is 1.29. The number of hydrogen-bond acceptors (Lipinski definition) is 3. The van der Waals surface area contributed by atoms with Gasteiger partial charge in [-0.2, -0.15) is 0 Å². The van der Waals surface area contributed by atoms with Crippen molar-refractivity contribution >= 4 is 0 Å². The van der Waals surface area contributed by atoms with Crippen LogP contribution in [0, 0.1) is 5.92 Å². The van der Waals surface area contributed by atoms with Gasteiger partial charge < -0.3 is 14.6 Å². The lowest BCUT2D eigenvalue weighted by molar-refractivity contribution is 0.0908. The van der Waals surface area contributed by atoms with Crippen molar-refractivity contribution in [2.24, 2.45) is 5.92 Å². The van der Waals surface area contributed by atoms with Crippen molar-refractivity contribution in [1.29, 1.82) is 0 Å². The number of phenols is 1. The fourth-order valence-electron chi connectivity index (χ4n) is 1.42. The molecule has 3 nitrogen and oxygen atoms in total. The van der Waals surface area contributed by atoms with Gasteiger partial charge >= 0.3 is 0 Å². The number of phenolic OH excluding ortho intramolecular Hbond substituents is 1. The first-order chi connectivity index (χ1) is 8.17. The summed E-state index contributed by atoms with van der Waals surface area (Å²) in [6.07, 6.45) is 1.12. The van der Waals surface area contributed by atoms with E-state index in [9.17, 15) is 5.11 Å². The Hall–Kier alpha value is -1.22. The van der Waals surface area contributed by atoms with Crippen molar-refractivity contribution in [3.05, 3.63) is 23.8 Å². The summed E-state index contributed by atoms with van der Waals surface area (Å²) in [7, 11) is 0. The van der Waals surface area contributed by atoms with Crippen LogP contribution in [0.3, 0.4) is 0 Å². The molecule has 1 aromatic carbocycles. The van der Waals surface area contributed by atoms with Gasteiger partial charge in [0.05, 0.1) is 13.2 Å². The Morgan fingerprint density at radius 2 is 2.06 bits per heavy atom. The Balaban J connectivity index is 2.51. The Bertz CT molecular complexity index is 336. The van der Waals surface area contributed by atoms with Crippen LogP contribution in [0.4, 0.5) is 0 Å². The lowest BCUT2D eigenvalue weighted by Crippen LogP contribution is -2.04. The first kappa shape index (κ1) is 13.8. The quantitative estimate of drug-likeness (QED) is 0.791. The summed E-state index contributed by atoms with van der Waals surface area (Å²) in [4.78, 5) is 0. The molecule has 1 rings (SSSR count). The van der Waals surface area contributed by atoms with Gasteiger partial charge in [-0.25, -0.2) is 0 Å². The molecule has 0 heterocycles. The highest BCUT2D eigenvalue weighted by atomic mass is 16.5. The fraction of sp³-hybridized carbons (Fsp3) is 0.571. The van der Waals surface area contributed by atoms with Crippen LogP contribution >= 0.6 is 0 Å². The highest BCUT2D eigenvalue weighted by molar-refractivity contribution is 5.41. The van der Waals surface area contributed by atoms with Crippen LogP contribution in [-0.2, 0) is 11.3 Å². The second-order valence-corrected chi connectivity index (χ2v) is 4.26. The second kappa shape index (κ2) is 7.17. The van der Waals surface area contributed by atoms with Gasteiger partial charge in [-0.15, -0.1) is 0 Å². The van der Waals surface area contributed by atoms with Crippen LogP contribution < -0.4 is 4.74 Å². The number of aromatic hydroxyl groups is 1. The zero-order valence-electron chi connectivity index (χ0n) is 10.9. The van der Waals surface area contributed by atoms with E-state index in [1.807, 2.05) is 19.1 Å². The van der Waals surface area contributed by atoms with Gasteiger partial charge in [-0.1, -0.05) is 26.3 Å². The molecule has 0 aliphatic carbocycles. The van der Waals surface area contributed by atoms with E-state index in [2.05, 4.69) is 13.8 Å². The van der Waals surface area contributed by atoms with E-state index in [0.717, 1.165) is 18.6 Å². The van der Waals surface area contributed by atoms with Crippen LogP contribution in [0.15, 0.2) is 18.2 Å². The Morgan fingerprint density at radius 3 is 2.71 bits per heavy atom. The van der Waals surface area contributed by atoms with Crippen molar-refractivity contribution in [3.63, 3.8) is 0 Å². The molecule has 0 amide bonds. The molecule has 0 saturated carbocycles. The maximum Gasteiger partial charge on any atom is 0.161 e. The average molecular weight is 238 g/mol. The summed E-state index contributed by atoms with van der Waals surface area (Å²) < 4.78 is 10.9. The van der Waals surface area contributed by atoms with E-state index in [4.69, 9.17) is 9.47 Å². The van der Waals surface area contributed by atoms with E-state index < -0.39 is 0 Å². The van der Waals surface area contributed by atoms with Crippen LogP contribution in [0.25, 0.3) is 0 Å². The molecule has 0 bridgehead atoms. The van der Waals surface area contributed by atoms with Crippen molar-refractivity contribution in [2.45, 2.75) is 33.8 Å². The highest BCUT2D eigenvalue weighted by Crippen LogP contribution is 2.27. The van der Waals surface area contributed by atoms with Gasteiger partial charge in [0, 0.05) is 6.61 Å². The molecule has 0 saturated heterocycles. The van der Waals surface area contributed by atoms with Crippen LogP contribution in [0.2, 0.25) is 0 Å². The summed E-state index contributed by atoms with van der Waals surface area (Å²) in [5.41, 5.74) is 1.02. The molecule has 0 spiro atoms. The molecule has 0 aliphatic heterocycles. The molecule has 1 N–H and O–H groups in total. The van der Waals surface area contributed by atoms with Crippen molar-refractivity contribution < 1.29 is 14.6 Å². The summed E-state index contributed by atoms with van der Waals surface area (Å²) in [5, 5.41) is 9.55.